The van der Waals surface area contributed by atoms with E-state index >= 15 is 0 Å². The van der Waals surface area contributed by atoms with Crippen LogP contribution in [0.1, 0.15) is 30.0 Å². The number of hydrogen-bond donors (Lipinski definition) is 1. The highest BCUT2D eigenvalue weighted by Crippen LogP contribution is 2.39. The summed E-state index contributed by atoms with van der Waals surface area (Å²) < 4.78 is 1.97. The molecule has 1 aromatic heterocycles. The lowest BCUT2D eigenvalue weighted by Crippen LogP contribution is -2.03. The largest absolute Gasteiger partial charge is 0.330 e. The summed E-state index contributed by atoms with van der Waals surface area (Å²) in [7, 11) is 0. The van der Waals surface area contributed by atoms with Gasteiger partial charge in [-0.15, -0.1) is 0 Å². The van der Waals surface area contributed by atoms with E-state index in [-0.39, 0.29) is 0 Å². The van der Waals surface area contributed by atoms with Gasteiger partial charge in [-0.05, 0) is 49.6 Å². The van der Waals surface area contributed by atoms with Crippen molar-refractivity contribution in [1.29, 1.82) is 0 Å². The molecule has 0 spiro atoms. The number of nitrogens with two attached hydrogens (primary N) is 1. The molecular weight excluding hydrogens is 210 g/mol. The molecule has 1 fully saturated rings. The van der Waals surface area contributed by atoms with Gasteiger partial charge in [0, 0.05) is 12.1 Å². The van der Waals surface area contributed by atoms with Crippen molar-refractivity contribution in [3.8, 4) is 5.69 Å². The Kier molecular flexibility index (Phi) is 2.69. The van der Waals surface area contributed by atoms with Crippen molar-refractivity contribution in [2.45, 2.75) is 25.2 Å². The third-order valence-electron chi connectivity index (χ3n) is 3.21. The molecule has 0 bridgehead atoms. The first-order valence-electron chi connectivity index (χ1n) is 6.22. The molecule has 17 heavy (non-hydrogen) atoms. The van der Waals surface area contributed by atoms with Crippen LogP contribution in [-0.2, 0) is 6.42 Å². The van der Waals surface area contributed by atoms with Crippen LogP contribution in [-0.4, -0.2) is 16.3 Å². The van der Waals surface area contributed by atoms with Gasteiger partial charge in [0.05, 0.1) is 11.4 Å². The van der Waals surface area contributed by atoms with Crippen molar-refractivity contribution < 1.29 is 0 Å². The Balaban J connectivity index is 1.88. The molecule has 1 aromatic carbocycles. The zero-order valence-electron chi connectivity index (χ0n) is 9.84. The Hall–Kier alpha value is -1.61. The predicted octanol–water partition coefficient (Wildman–Crippen LogP) is 2.25. The van der Waals surface area contributed by atoms with Crippen LogP contribution in [0, 0.1) is 0 Å². The highest BCUT2D eigenvalue weighted by Gasteiger charge is 2.25. The van der Waals surface area contributed by atoms with Gasteiger partial charge in [0.1, 0.15) is 0 Å². The van der Waals surface area contributed by atoms with E-state index in [1.54, 1.807) is 0 Å². The van der Waals surface area contributed by atoms with Gasteiger partial charge in [0.2, 0.25) is 0 Å². The van der Waals surface area contributed by atoms with Crippen LogP contribution in [0.4, 0.5) is 0 Å². The molecule has 0 aliphatic heterocycles. The molecule has 88 valence electrons. The lowest BCUT2D eigenvalue weighted by Gasteiger charge is -2.04. The van der Waals surface area contributed by atoms with Crippen LogP contribution in [0.15, 0.2) is 36.5 Å². The number of aromatic nitrogens is 2. The zero-order valence-corrected chi connectivity index (χ0v) is 9.84. The first kappa shape index (κ1) is 10.5. The smallest absolute Gasteiger partial charge is 0.0659 e. The Morgan fingerprint density at radius 2 is 2.18 bits per heavy atom. The molecule has 2 aromatic rings. The molecule has 1 saturated carbocycles. The van der Waals surface area contributed by atoms with Crippen LogP contribution in [0.25, 0.3) is 5.69 Å². The monoisotopic (exact) mass is 227 g/mol. The topological polar surface area (TPSA) is 43.8 Å². The normalized spacial score (nSPS) is 15.1. The molecular formula is C14H17N3. The molecule has 0 amide bonds. The highest BCUT2D eigenvalue weighted by atomic mass is 15.3. The SMILES string of the molecule is NCCc1cccc(-n2ccc(C3CC3)n2)c1. The van der Waals surface area contributed by atoms with Crippen LogP contribution in [0.3, 0.4) is 0 Å². The molecule has 0 radical (unpaired) electrons. The van der Waals surface area contributed by atoms with Crippen LogP contribution >= 0.6 is 0 Å². The van der Waals surface area contributed by atoms with Crippen molar-refractivity contribution in [3.05, 3.63) is 47.8 Å². The van der Waals surface area contributed by atoms with Gasteiger partial charge in [-0.2, -0.15) is 5.10 Å². The first-order valence-corrected chi connectivity index (χ1v) is 6.22. The lowest BCUT2D eigenvalue weighted by atomic mass is 10.1. The van der Waals surface area contributed by atoms with Gasteiger partial charge in [0.15, 0.2) is 0 Å². The maximum atomic E-state index is 5.58. The summed E-state index contributed by atoms with van der Waals surface area (Å²) in [5, 5.41) is 4.63. The van der Waals surface area contributed by atoms with Crippen molar-refractivity contribution in [2.24, 2.45) is 5.73 Å². The van der Waals surface area contributed by atoms with Crippen molar-refractivity contribution in [2.75, 3.05) is 6.54 Å². The van der Waals surface area contributed by atoms with Crippen LogP contribution in [0.5, 0.6) is 0 Å². The third-order valence-corrected chi connectivity index (χ3v) is 3.21. The number of benzene rings is 1. The maximum absolute atomic E-state index is 5.58. The minimum atomic E-state index is 0.690. The van der Waals surface area contributed by atoms with Crippen molar-refractivity contribution in [1.82, 2.24) is 9.78 Å². The van der Waals surface area contributed by atoms with Crippen molar-refractivity contribution in [3.63, 3.8) is 0 Å². The van der Waals surface area contributed by atoms with E-state index in [4.69, 9.17) is 5.73 Å². The predicted molar refractivity (Wildman–Crippen MR) is 68.3 cm³/mol. The fraction of sp³-hybridized carbons (Fsp3) is 0.357. The summed E-state index contributed by atoms with van der Waals surface area (Å²) in [6, 6.07) is 10.6. The quantitative estimate of drug-likeness (QED) is 0.870. The summed E-state index contributed by atoms with van der Waals surface area (Å²) >= 11 is 0. The molecule has 0 saturated heterocycles. The van der Waals surface area contributed by atoms with Gasteiger partial charge in [-0.3, -0.25) is 0 Å². The zero-order chi connectivity index (χ0) is 11.7. The second-order valence-corrected chi connectivity index (χ2v) is 4.67. The van der Waals surface area contributed by atoms with E-state index in [1.165, 1.54) is 24.1 Å². The Morgan fingerprint density at radius 3 is 2.94 bits per heavy atom. The van der Waals surface area contributed by atoms with Crippen LogP contribution < -0.4 is 5.73 Å². The molecule has 2 N–H and O–H groups in total. The van der Waals surface area contributed by atoms with E-state index in [1.807, 2.05) is 4.68 Å². The lowest BCUT2D eigenvalue weighted by molar-refractivity contribution is 0.834. The van der Waals surface area contributed by atoms with Gasteiger partial charge >= 0.3 is 0 Å². The van der Waals surface area contributed by atoms with Crippen molar-refractivity contribution >= 4 is 0 Å². The third kappa shape index (κ3) is 2.24. The summed E-state index contributed by atoms with van der Waals surface area (Å²) in [6.45, 7) is 0.690. The fourth-order valence-corrected chi connectivity index (χ4v) is 2.10. The molecule has 1 aliphatic rings. The maximum Gasteiger partial charge on any atom is 0.0659 e. The van der Waals surface area contributed by atoms with Gasteiger partial charge in [0.25, 0.3) is 0 Å². The minimum Gasteiger partial charge on any atom is -0.330 e. The average molecular weight is 227 g/mol. The Labute approximate surface area is 101 Å². The number of hydrogen-bond acceptors (Lipinski definition) is 2. The van der Waals surface area contributed by atoms with E-state index in [9.17, 15) is 0 Å². The number of nitrogens with zero attached hydrogens (tertiary/aromatic N) is 2. The second-order valence-electron chi connectivity index (χ2n) is 4.67. The molecule has 3 heteroatoms. The van der Waals surface area contributed by atoms with Gasteiger partial charge < -0.3 is 5.73 Å². The van der Waals surface area contributed by atoms with Crippen LogP contribution in [0.2, 0.25) is 0 Å². The molecule has 1 heterocycles. The Morgan fingerprint density at radius 1 is 1.29 bits per heavy atom. The molecule has 3 rings (SSSR count). The molecule has 3 nitrogen and oxygen atoms in total. The summed E-state index contributed by atoms with van der Waals surface area (Å²) in [4.78, 5) is 0. The standard InChI is InChI=1S/C14H17N3/c15-8-6-11-2-1-3-13(10-11)17-9-7-14(16-17)12-4-5-12/h1-3,7,9-10,12H,4-6,8,15H2. The number of rotatable bonds is 4. The molecule has 0 unspecified atom stereocenters. The minimum absolute atomic E-state index is 0.690. The second kappa shape index (κ2) is 4.34. The van der Waals surface area contributed by atoms with E-state index < -0.39 is 0 Å². The first-order chi connectivity index (χ1) is 8.36. The average Bonchev–Trinajstić information content (AvgIpc) is 3.08. The highest BCUT2D eigenvalue weighted by molar-refractivity contribution is 5.36. The molecule has 1 aliphatic carbocycles. The van der Waals surface area contributed by atoms with E-state index in [0.29, 0.717) is 12.5 Å². The fourth-order valence-electron chi connectivity index (χ4n) is 2.10. The summed E-state index contributed by atoms with van der Waals surface area (Å²) in [6.07, 6.45) is 5.56. The molecule has 0 atom stereocenters. The van der Waals surface area contributed by atoms with E-state index in [0.717, 1.165) is 12.1 Å². The van der Waals surface area contributed by atoms with E-state index in [2.05, 4.69) is 41.6 Å². The summed E-state index contributed by atoms with van der Waals surface area (Å²) in [5.41, 5.74) is 9.21. The van der Waals surface area contributed by atoms with Gasteiger partial charge in [-0.25, -0.2) is 4.68 Å². The van der Waals surface area contributed by atoms with Gasteiger partial charge in [-0.1, -0.05) is 12.1 Å². The Bertz CT molecular complexity index is 512. The summed E-state index contributed by atoms with van der Waals surface area (Å²) in [5.74, 6) is 0.712.